The molecular formula is C14H11NO5. The van der Waals surface area contributed by atoms with Crippen molar-refractivity contribution >= 4 is 11.7 Å². The van der Waals surface area contributed by atoms with Gasteiger partial charge in [0.1, 0.15) is 5.75 Å². The Morgan fingerprint density at radius 1 is 1.25 bits per heavy atom. The molecule has 1 N–H and O–H groups in total. The van der Waals surface area contributed by atoms with E-state index in [4.69, 9.17) is 9.84 Å². The van der Waals surface area contributed by atoms with Crippen LogP contribution in [0.4, 0.5) is 5.69 Å². The molecule has 0 aromatic heterocycles. The first-order valence-corrected chi connectivity index (χ1v) is 5.73. The Balaban J connectivity index is 2.39. The van der Waals surface area contributed by atoms with Crippen molar-refractivity contribution < 1.29 is 19.6 Å². The molecule has 6 nitrogen and oxygen atoms in total. The second kappa shape index (κ2) is 5.40. The first-order chi connectivity index (χ1) is 9.47. The summed E-state index contributed by atoms with van der Waals surface area (Å²) < 4.78 is 5.44. The van der Waals surface area contributed by atoms with Gasteiger partial charge in [-0.05, 0) is 36.8 Å². The Bertz CT molecular complexity index is 681. The number of nitro groups is 1. The third-order valence-corrected chi connectivity index (χ3v) is 2.62. The Kier molecular flexibility index (Phi) is 3.65. The van der Waals surface area contributed by atoms with E-state index in [-0.39, 0.29) is 22.7 Å². The molecule has 2 rings (SSSR count). The third kappa shape index (κ3) is 2.92. The lowest BCUT2D eigenvalue weighted by atomic mass is 10.2. The van der Waals surface area contributed by atoms with Crippen LogP contribution in [0.25, 0.3) is 0 Å². The molecule has 0 atom stereocenters. The van der Waals surface area contributed by atoms with Gasteiger partial charge in [0.25, 0.3) is 0 Å². The summed E-state index contributed by atoms with van der Waals surface area (Å²) in [5.74, 6) is -0.773. The van der Waals surface area contributed by atoms with Gasteiger partial charge in [-0.25, -0.2) is 4.79 Å². The van der Waals surface area contributed by atoms with Crippen molar-refractivity contribution in [3.05, 3.63) is 63.7 Å². The highest BCUT2D eigenvalue weighted by Gasteiger charge is 2.16. The first-order valence-electron chi connectivity index (χ1n) is 5.73. The van der Waals surface area contributed by atoms with Crippen LogP contribution in [0.3, 0.4) is 0 Å². The number of aryl methyl sites for hydroxylation is 1. The summed E-state index contributed by atoms with van der Waals surface area (Å²) in [7, 11) is 0. The van der Waals surface area contributed by atoms with E-state index in [1.54, 1.807) is 19.1 Å². The van der Waals surface area contributed by atoms with Crippen molar-refractivity contribution in [1.82, 2.24) is 0 Å². The van der Waals surface area contributed by atoms with Crippen molar-refractivity contribution in [3.8, 4) is 11.5 Å². The molecule has 0 amide bonds. The Hall–Kier alpha value is -2.89. The van der Waals surface area contributed by atoms with E-state index in [9.17, 15) is 14.9 Å². The molecule has 0 saturated carbocycles. The van der Waals surface area contributed by atoms with Crippen molar-refractivity contribution in [2.24, 2.45) is 0 Å². The Labute approximate surface area is 114 Å². The zero-order chi connectivity index (χ0) is 14.7. The van der Waals surface area contributed by atoms with Gasteiger partial charge in [0.2, 0.25) is 5.75 Å². The van der Waals surface area contributed by atoms with Gasteiger partial charge in [-0.2, -0.15) is 0 Å². The molecule has 2 aromatic rings. The van der Waals surface area contributed by atoms with E-state index in [0.717, 1.165) is 5.56 Å². The summed E-state index contributed by atoms with van der Waals surface area (Å²) in [5.41, 5.74) is 0.689. The molecule has 0 heterocycles. The molecule has 2 aromatic carbocycles. The highest BCUT2D eigenvalue weighted by molar-refractivity contribution is 5.88. The number of aromatic carboxylic acids is 1. The number of carbonyl (C=O) groups is 1. The monoisotopic (exact) mass is 273 g/mol. The molecule has 0 radical (unpaired) electrons. The topological polar surface area (TPSA) is 89.7 Å². The van der Waals surface area contributed by atoms with Crippen LogP contribution >= 0.6 is 0 Å². The van der Waals surface area contributed by atoms with Gasteiger partial charge in [-0.15, -0.1) is 0 Å². The predicted octanol–water partition coefficient (Wildman–Crippen LogP) is 3.39. The van der Waals surface area contributed by atoms with Crippen LogP contribution in [0.5, 0.6) is 11.5 Å². The first kappa shape index (κ1) is 13.5. The van der Waals surface area contributed by atoms with E-state index >= 15 is 0 Å². The number of rotatable bonds is 4. The normalized spacial score (nSPS) is 10.1. The number of nitrogens with zero attached hydrogens (tertiary/aromatic N) is 1. The molecule has 0 bridgehead atoms. The van der Waals surface area contributed by atoms with Gasteiger partial charge in [0, 0.05) is 6.07 Å². The van der Waals surface area contributed by atoms with Crippen molar-refractivity contribution in [1.29, 1.82) is 0 Å². The minimum absolute atomic E-state index is 0.0535. The SMILES string of the molecule is Cc1ccc([N+](=O)[O-])c(Oc2cccc(C(=O)O)c2)c1. The largest absolute Gasteiger partial charge is 0.478 e. The van der Waals surface area contributed by atoms with Gasteiger partial charge in [0.05, 0.1) is 10.5 Å². The minimum atomic E-state index is -1.09. The Morgan fingerprint density at radius 3 is 2.65 bits per heavy atom. The quantitative estimate of drug-likeness (QED) is 0.681. The number of carboxylic acids is 1. The second-order valence-corrected chi connectivity index (χ2v) is 4.16. The molecule has 0 saturated heterocycles. The average molecular weight is 273 g/mol. The fourth-order valence-corrected chi connectivity index (χ4v) is 1.67. The third-order valence-electron chi connectivity index (χ3n) is 2.62. The van der Waals surface area contributed by atoms with Gasteiger partial charge in [0.15, 0.2) is 0 Å². The van der Waals surface area contributed by atoms with Gasteiger partial charge >= 0.3 is 11.7 Å². The minimum Gasteiger partial charge on any atom is -0.478 e. The average Bonchev–Trinajstić information content (AvgIpc) is 2.38. The molecule has 20 heavy (non-hydrogen) atoms. The molecule has 0 unspecified atom stereocenters. The number of benzene rings is 2. The number of hydrogen-bond acceptors (Lipinski definition) is 4. The summed E-state index contributed by atoms with van der Waals surface area (Å²) in [6.45, 7) is 1.78. The maximum absolute atomic E-state index is 10.9. The fourth-order valence-electron chi connectivity index (χ4n) is 1.67. The van der Waals surface area contributed by atoms with E-state index in [2.05, 4.69) is 0 Å². The van der Waals surface area contributed by atoms with Gasteiger partial charge < -0.3 is 9.84 Å². The zero-order valence-electron chi connectivity index (χ0n) is 10.6. The van der Waals surface area contributed by atoms with Crippen LogP contribution < -0.4 is 4.74 Å². The maximum atomic E-state index is 10.9. The number of hydrogen-bond donors (Lipinski definition) is 1. The number of carboxylic acid groups (broad SMARTS) is 1. The number of nitro benzene ring substituents is 1. The molecule has 0 aliphatic carbocycles. The summed E-state index contributed by atoms with van der Waals surface area (Å²) in [4.78, 5) is 21.3. The fraction of sp³-hybridized carbons (Fsp3) is 0.0714. The highest BCUT2D eigenvalue weighted by atomic mass is 16.6. The van der Waals surface area contributed by atoms with Crippen molar-refractivity contribution in [3.63, 3.8) is 0 Å². The van der Waals surface area contributed by atoms with Crippen LogP contribution in [-0.4, -0.2) is 16.0 Å². The molecule has 0 aliphatic rings. The van der Waals surface area contributed by atoms with E-state index in [0.29, 0.717) is 0 Å². The molecule has 0 fully saturated rings. The summed E-state index contributed by atoms with van der Waals surface area (Å²) >= 11 is 0. The number of ether oxygens (including phenoxy) is 1. The zero-order valence-corrected chi connectivity index (χ0v) is 10.6. The lowest BCUT2D eigenvalue weighted by Gasteiger charge is -2.07. The van der Waals surface area contributed by atoms with E-state index in [1.165, 1.54) is 30.3 Å². The van der Waals surface area contributed by atoms with Crippen LogP contribution in [0.1, 0.15) is 15.9 Å². The predicted molar refractivity (Wildman–Crippen MR) is 71.3 cm³/mol. The van der Waals surface area contributed by atoms with Crippen LogP contribution in [0, 0.1) is 17.0 Å². The van der Waals surface area contributed by atoms with Crippen LogP contribution in [-0.2, 0) is 0 Å². The molecule has 0 aliphatic heterocycles. The van der Waals surface area contributed by atoms with Crippen LogP contribution in [0.15, 0.2) is 42.5 Å². The molecular weight excluding hydrogens is 262 g/mol. The summed E-state index contributed by atoms with van der Waals surface area (Å²) in [6.07, 6.45) is 0. The molecule has 0 spiro atoms. The van der Waals surface area contributed by atoms with Crippen molar-refractivity contribution in [2.75, 3.05) is 0 Å². The second-order valence-electron chi connectivity index (χ2n) is 4.16. The van der Waals surface area contributed by atoms with Crippen molar-refractivity contribution in [2.45, 2.75) is 6.92 Å². The van der Waals surface area contributed by atoms with Crippen LogP contribution in [0.2, 0.25) is 0 Å². The Morgan fingerprint density at radius 2 is 2.00 bits per heavy atom. The smallest absolute Gasteiger partial charge is 0.335 e. The molecule has 6 heteroatoms. The highest BCUT2D eigenvalue weighted by Crippen LogP contribution is 2.32. The van der Waals surface area contributed by atoms with E-state index < -0.39 is 10.9 Å². The maximum Gasteiger partial charge on any atom is 0.335 e. The van der Waals surface area contributed by atoms with E-state index in [1.807, 2.05) is 0 Å². The molecule has 102 valence electrons. The van der Waals surface area contributed by atoms with Gasteiger partial charge in [-0.3, -0.25) is 10.1 Å². The lowest BCUT2D eigenvalue weighted by Crippen LogP contribution is -1.97. The summed E-state index contributed by atoms with van der Waals surface area (Å²) in [6, 6.07) is 10.3. The van der Waals surface area contributed by atoms with Gasteiger partial charge in [-0.1, -0.05) is 12.1 Å². The summed E-state index contributed by atoms with van der Waals surface area (Å²) in [5, 5.41) is 19.8. The lowest BCUT2D eigenvalue weighted by molar-refractivity contribution is -0.385. The standard InChI is InChI=1S/C14H11NO5/c1-9-5-6-12(15(18)19)13(7-9)20-11-4-2-3-10(8-11)14(16)17/h2-8H,1H3,(H,16,17).